The van der Waals surface area contributed by atoms with Gasteiger partial charge in [0.2, 0.25) is 11.8 Å². The van der Waals surface area contributed by atoms with E-state index in [4.69, 9.17) is 9.47 Å². The Morgan fingerprint density at radius 1 is 0.697 bits per heavy atom. The maximum absolute atomic E-state index is 11.8. The topological polar surface area (TPSA) is 89.3 Å². The van der Waals surface area contributed by atoms with Crippen LogP contribution in [-0.4, -0.2) is 36.1 Å². The number of hydrogen-bond acceptors (Lipinski definition) is 6. The third kappa shape index (κ3) is 8.12. The SMILES string of the molecule is CC1(C)COC(/C=C(\[O-])c2ccccc2)=N1.CC1(C)COC(/C=C(\[O-])c2ccccc2)=N1.[Cu+2]. The first-order chi connectivity index (χ1) is 15.1. The Labute approximate surface area is 205 Å². The molecule has 7 heteroatoms. The number of rotatable bonds is 4. The van der Waals surface area contributed by atoms with E-state index in [0.29, 0.717) is 36.1 Å². The summed E-state index contributed by atoms with van der Waals surface area (Å²) in [5.41, 5.74) is 0.864. The Balaban J connectivity index is 0.000000227. The average molecular weight is 496 g/mol. The third-order valence-electron chi connectivity index (χ3n) is 4.60. The minimum absolute atomic E-state index is 0. The first kappa shape index (κ1) is 26.2. The molecule has 0 bridgehead atoms. The molecule has 1 radical (unpaired) electrons. The van der Waals surface area contributed by atoms with Crippen molar-refractivity contribution < 1.29 is 36.8 Å². The van der Waals surface area contributed by atoms with Crippen LogP contribution in [0, 0.1) is 0 Å². The fourth-order valence-corrected chi connectivity index (χ4v) is 2.97. The summed E-state index contributed by atoms with van der Waals surface area (Å²) in [6, 6.07) is 18.2. The van der Waals surface area contributed by atoms with Crippen molar-refractivity contribution in [2.75, 3.05) is 13.2 Å². The van der Waals surface area contributed by atoms with Gasteiger partial charge in [0.05, 0.1) is 11.1 Å². The van der Waals surface area contributed by atoms with Crippen LogP contribution in [0.4, 0.5) is 0 Å². The van der Waals surface area contributed by atoms with Gasteiger partial charge in [-0.1, -0.05) is 72.2 Å². The number of ether oxygens (including phenoxy) is 2. The van der Waals surface area contributed by atoms with Crippen molar-refractivity contribution >= 4 is 23.3 Å². The van der Waals surface area contributed by atoms with Gasteiger partial charge in [-0.3, -0.25) is 0 Å². The molecule has 0 aliphatic carbocycles. The van der Waals surface area contributed by atoms with E-state index in [9.17, 15) is 10.2 Å². The van der Waals surface area contributed by atoms with E-state index >= 15 is 0 Å². The molecule has 0 saturated heterocycles. The van der Waals surface area contributed by atoms with Crippen LogP contribution < -0.4 is 10.2 Å². The van der Waals surface area contributed by atoms with Crippen LogP contribution in [0.25, 0.3) is 11.5 Å². The van der Waals surface area contributed by atoms with Crippen LogP contribution in [0.2, 0.25) is 0 Å². The van der Waals surface area contributed by atoms with Gasteiger partial charge < -0.3 is 19.7 Å². The molecule has 0 fully saturated rings. The zero-order valence-electron chi connectivity index (χ0n) is 19.2. The van der Waals surface area contributed by atoms with E-state index in [2.05, 4.69) is 9.98 Å². The average Bonchev–Trinajstić information content (AvgIpc) is 3.29. The molecule has 4 rings (SSSR count). The second kappa shape index (κ2) is 11.2. The summed E-state index contributed by atoms with van der Waals surface area (Å²) in [4.78, 5) is 8.61. The van der Waals surface area contributed by atoms with Crippen molar-refractivity contribution in [2.45, 2.75) is 38.8 Å². The van der Waals surface area contributed by atoms with E-state index in [-0.39, 0.29) is 39.7 Å². The van der Waals surface area contributed by atoms with Crippen molar-refractivity contribution in [2.24, 2.45) is 9.98 Å². The number of nitrogens with zero attached hydrogens (tertiary/aromatic N) is 2. The van der Waals surface area contributed by atoms with Crippen LogP contribution in [0.1, 0.15) is 38.8 Å². The summed E-state index contributed by atoms with van der Waals surface area (Å²) < 4.78 is 10.7. The molecule has 2 aromatic carbocycles. The molecule has 33 heavy (non-hydrogen) atoms. The van der Waals surface area contributed by atoms with Gasteiger partial charge in [-0.25, -0.2) is 9.98 Å². The fourth-order valence-electron chi connectivity index (χ4n) is 2.97. The number of benzene rings is 2. The van der Waals surface area contributed by atoms with Gasteiger partial charge >= 0.3 is 17.1 Å². The summed E-state index contributed by atoms with van der Waals surface area (Å²) >= 11 is 0. The summed E-state index contributed by atoms with van der Waals surface area (Å²) in [7, 11) is 0. The predicted molar refractivity (Wildman–Crippen MR) is 124 cm³/mol. The van der Waals surface area contributed by atoms with Gasteiger partial charge in [-0.15, -0.1) is 0 Å². The molecular formula is C26H28CuN2O4. The molecule has 0 amide bonds. The standard InChI is InChI=1S/2C13H15NO2.Cu/c2*1-13(2)9-16-12(14-13)8-11(15)10-6-4-3-5-7-10;/h2*3-8,15H,9H2,1-2H3;/q;;+2/p-2/b2*11-8-;. The van der Waals surface area contributed by atoms with Crippen LogP contribution >= 0.6 is 0 Å². The molecule has 0 saturated carbocycles. The predicted octanol–water partition coefficient (Wildman–Crippen LogP) is 3.19. The summed E-state index contributed by atoms with van der Waals surface area (Å²) in [5, 5.41) is 23.6. The number of hydrogen-bond donors (Lipinski definition) is 0. The summed E-state index contributed by atoms with van der Waals surface area (Å²) in [5.74, 6) is 0.715. The molecule has 0 spiro atoms. The molecule has 2 heterocycles. The molecule has 0 aromatic heterocycles. The van der Waals surface area contributed by atoms with Crippen LogP contribution in [0.5, 0.6) is 0 Å². The van der Waals surface area contributed by atoms with Crippen molar-refractivity contribution in [1.82, 2.24) is 0 Å². The zero-order valence-corrected chi connectivity index (χ0v) is 20.1. The van der Waals surface area contributed by atoms with Crippen molar-refractivity contribution in [3.63, 3.8) is 0 Å². The van der Waals surface area contributed by atoms with E-state index in [1.54, 1.807) is 24.3 Å². The Hall–Kier alpha value is -3.02. The van der Waals surface area contributed by atoms with Crippen molar-refractivity contribution in [3.05, 3.63) is 83.9 Å². The molecule has 0 atom stereocenters. The zero-order chi connectivity index (χ0) is 23.2. The largest absolute Gasteiger partial charge is 2.00 e. The smallest absolute Gasteiger partial charge is 0.872 e. The summed E-state index contributed by atoms with van der Waals surface area (Å²) in [6.45, 7) is 8.95. The molecule has 6 nitrogen and oxygen atoms in total. The van der Waals surface area contributed by atoms with Crippen LogP contribution in [0.15, 0.2) is 82.8 Å². The molecule has 2 aliphatic rings. The van der Waals surface area contributed by atoms with Gasteiger partial charge in [0.1, 0.15) is 13.2 Å². The van der Waals surface area contributed by atoms with E-state index < -0.39 is 0 Å². The normalized spacial score (nSPS) is 18.5. The van der Waals surface area contributed by atoms with Crippen molar-refractivity contribution in [1.29, 1.82) is 0 Å². The maximum Gasteiger partial charge on any atom is 2.00 e. The third-order valence-corrected chi connectivity index (χ3v) is 4.60. The number of aliphatic imine (C=N–C) groups is 2. The van der Waals surface area contributed by atoms with E-state index in [0.717, 1.165) is 0 Å². The fraction of sp³-hybridized carbons (Fsp3) is 0.308. The Morgan fingerprint density at radius 3 is 1.30 bits per heavy atom. The monoisotopic (exact) mass is 495 g/mol. The van der Waals surface area contributed by atoms with Gasteiger partial charge in [-0.05, 0) is 51.0 Å². The van der Waals surface area contributed by atoms with Gasteiger partial charge in [-0.2, -0.15) is 0 Å². The first-order valence-electron chi connectivity index (χ1n) is 10.5. The van der Waals surface area contributed by atoms with Gasteiger partial charge in [0.15, 0.2) is 0 Å². The quantitative estimate of drug-likeness (QED) is 0.481. The second-order valence-electron chi connectivity index (χ2n) is 8.85. The first-order valence-corrected chi connectivity index (χ1v) is 10.5. The minimum atomic E-state index is -0.219. The molecule has 177 valence electrons. The van der Waals surface area contributed by atoms with Crippen molar-refractivity contribution in [3.8, 4) is 0 Å². The van der Waals surface area contributed by atoms with E-state index in [1.807, 2.05) is 64.1 Å². The Bertz CT molecular complexity index is 957. The van der Waals surface area contributed by atoms with Crippen LogP contribution in [0.3, 0.4) is 0 Å². The van der Waals surface area contributed by atoms with E-state index in [1.165, 1.54) is 12.2 Å². The molecule has 0 unspecified atom stereocenters. The molecular weight excluding hydrogens is 468 g/mol. The van der Waals surface area contributed by atoms with Gasteiger partial charge in [0.25, 0.3) is 0 Å². The minimum Gasteiger partial charge on any atom is -0.872 e. The Kier molecular flexibility index (Phi) is 8.91. The molecule has 2 aliphatic heterocycles. The maximum atomic E-state index is 11.8. The molecule has 0 N–H and O–H groups in total. The second-order valence-corrected chi connectivity index (χ2v) is 8.85. The summed E-state index contributed by atoms with van der Waals surface area (Å²) in [6.07, 6.45) is 2.90. The van der Waals surface area contributed by atoms with Crippen LogP contribution in [-0.2, 0) is 26.5 Å². The Morgan fingerprint density at radius 2 is 1.03 bits per heavy atom. The molecule has 2 aromatic rings. The van der Waals surface area contributed by atoms with Gasteiger partial charge in [0, 0.05) is 0 Å².